The lowest BCUT2D eigenvalue weighted by Crippen LogP contribution is -2.21. The molecule has 1 rings (SSSR count). The molecule has 0 radical (unpaired) electrons. The molecule has 0 atom stereocenters. The first kappa shape index (κ1) is 16.0. The van der Waals surface area contributed by atoms with Crippen LogP contribution in [0.2, 0.25) is 0 Å². The summed E-state index contributed by atoms with van der Waals surface area (Å²) in [5, 5.41) is 0. The van der Waals surface area contributed by atoms with Crippen molar-refractivity contribution in [1.82, 2.24) is 0 Å². The molecular formula is C8H2ClF7O2S. The fourth-order valence-corrected chi connectivity index (χ4v) is 2.40. The van der Waals surface area contributed by atoms with Crippen LogP contribution >= 0.6 is 10.7 Å². The van der Waals surface area contributed by atoms with E-state index in [1.165, 1.54) is 0 Å². The third-order valence-electron chi connectivity index (χ3n) is 1.95. The summed E-state index contributed by atoms with van der Waals surface area (Å²) in [7, 11) is -0.504. The van der Waals surface area contributed by atoms with Crippen LogP contribution in [-0.4, -0.2) is 8.42 Å². The summed E-state index contributed by atoms with van der Waals surface area (Å²) in [4.78, 5) is -1.85. The zero-order valence-electron chi connectivity index (χ0n) is 8.40. The molecule has 19 heavy (non-hydrogen) atoms. The van der Waals surface area contributed by atoms with Gasteiger partial charge >= 0.3 is 12.4 Å². The second-order valence-electron chi connectivity index (χ2n) is 3.23. The van der Waals surface area contributed by atoms with E-state index in [1.807, 2.05) is 0 Å². The van der Waals surface area contributed by atoms with Crippen LogP contribution in [0.5, 0.6) is 0 Å². The highest BCUT2D eigenvalue weighted by molar-refractivity contribution is 8.13. The van der Waals surface area contributed by atoms with Crippen LogP contribution in [0, 0.1) is 5.82 Å². The van der Waals surface area contributed by atoms with Crippen molar-refractivity contribution in [1.29, 1.82) is 0 Å². The predicted molar refractivity (Wildman–Crippen MR) is 49.4 cm³/mol. The molecule has 0 aliphatic rings. The van der Waals surface area contributed by atoms with Crippen LogP contribution in [0.3, 0.4) is 0 Å². The summed E-state index contributed by atoms with van der Waals surface area (Å²) >= 11 is 0. The Labute approximate surface area is 106 Å². The maximum atomic E-state index is 13.0. The van der Waals surface area contributed by atoms with Gasteiger partial charge in [0.05, 0.1) is 10.5 Å². The molecule has 2 nitrogen and oxygen atoms in total. The lowest BCUT2D eigenvalue weighted by atomic mass is 10.1. The summed E-state index contributed by atoms with van der Waals surface area (Å²) in [5.74, 6) is -2.25. The van der Waals surface area contributed by atoms with Gasteiger partial charge in [-0.2, -0.15) is 26.3 Å². The van der Waals surface area contributed by atoms with E-state index in [0.29, 0.717) is 0 Å². The monoisotopic (exact) mass is 330 g/mol. The third-order valence-corrected chi connectivity index (χ3v) is 3.31. The van der Waals surface area contributed by atoms with E-state index in [1.54, 1.807) is 0 Å². The largest absolute Gasteiger partial charge is 0.419 e. The van der Waals surface area contributed by atoms with E-state index in [9.17, 15) is 39.2 Å². The van der Waals surface area contributed by atoms with Crippen molar-refractivity contribution in [2.45, 2.75) is 17.2 Å². The van der Waals surface area contributed by atoms with E-state index < -0.39 is 43.2 Å². The smallest absolute Gasteiger partial charge is 0.207 e. The molecule has 0 spiro atoms. The lowest BCUT2D eigenvalue weighted by molar-refractivity contribution is -0.165. The molecule has 0 bridgehead atoms. The van der Waals surface area contributed by atoms with Gasteiger partial charge in [0, 0.05) is 10.7 Å². The molecule has 1 aromatic rings. The molecule has 108 valence electrons. The van der Waals surface area contributed by atoms with Crippen LogP contribution in [0.25, 0.3) is 0 Å². The van der Waals surface area contributed by atoms with E-state index in [0.717, 1.165) is 0 Å². The predicted octanol–water partition coefficient (Wildman–Crippen LogP) is 3.79. The fraction of sp³-hybridized carbons (Fsp3) is 0.250. The van der Waals surface area contributed by atoms with Crippen molar-refractivity contribution in [3.63, 3.8) is 0 Å². The second kappa shape index (κ2) is 4.51. The number of hydrogen-bond donors (Lipinski definition) is 0. The summed E-state index contributed by atoms with van der Waals surface area (Å²) in [5.41, 5.74) is -5.39. The molecule has 0 aromatic heterocycles. The van der Waals surface area contributed by atoms with E-state index >= 15 is 0 Å². The standard InChI is InChI=1S/C8H2ClF7O2S/c9-19(17,18)4-2-1-3(10)5(7(11,12)13)6(4)8(14,15)16/h1-2H. The van der Waals surface area contributed by atoms with Crippen LogP contribution in [-0.2, 0) is 21.4 Å². The average molecular weight is 331 g/mol. The molecular weight excluding hydrogens is 329 g/mol. The Morgan fingerprint density at radius 3 is 1.63 bits per heavy atom. The van der Waals surface area contributed by atoms with Gasteiger partial charge in [-0.15, -0.1) is 0 Å². The molecule has 0 unspecified atom stereocenters. The molecule has 0 amide bonds. The van der Waals surface area contributed by atoms with E-state index in [-0.39, 0.29) is 12.1 Å². The van der Waals surface area contributed by atoms with E-state index in [2.05, 4.69) is 10.7 Å². The SMILES string of the molecule is O=S(=O)(Cl)c1ccc(F)c(C(F)(F)F)c1C(F)(F)F. The molecule has 1 aromatic carbocycles. The second-order valence-corrected chi connectivity index (χ2v) is 5.76. The minimum absolute atomic E-state index is 0.0235. The van der Waals surface area contributed by atoms with Gasteiger partial charge in [0.2, 0.25) is 0 Å². The topological polar surface area (TPSA) is 34.1 Å². The Kier molecular flexibility index (Phi) is 3.81. The highest BCUT2D eigenvalue weighted by Crippen LogP contribution is 2.45. The highest BCUT2D eigenvalue weighted by atomic mass is 35.7. The quantitative estimate of drug-likeness (QED) is 0.580. The molecule has 0 saturated carbocycles. The number of benzene rings is 1. The van der Waals surface area contributed by atoms with Crippen molar-refractivity contribution in [3.05, 3.63) is 29.1 Å². The Morgan fingerprint density at radius 1 is 0.895 bits per heavy atom. The number of hydrogen-bond acceptors (Lipinski definition) is 2. The van der Waals surface area contributed by atoms with Crippen molar-refractivity contribution >= 4 is 19.7 Å². The lowest BCUT2D eigenvalue weighted by Gasteiger charge is -2.18. The van der Waals surface area contributed by atoms with Gasteiger partial charge in [0.15, 0.2) is 0 Å². The van der Waals surface area contributed by atoms with Gasteiger partial charge in [-0.25, -0.2) is 12.8 Å². The number of rotatable bonds is 1. The van der Waals surface area contributed by atoms with Crippen LogP contribution < -0.4 is 0 Å². The minimum Gasteiger partial charge on any atom is -0.207 e. The van der Waals surface area contributed by atoms with Crippen LogP contribution in [0.15, 0.2) is 17.0 Å². The first-order chi connectivity index (χ1) is 8.26. The van der Waals surface area contributed by atoms with Gasteiger partial charge in [0.25, 0.3) is 9.05 Å². The third kappa shape index (κ3) is 3.30. The fourth-order valence-electron chi connectivity index (χ4n) is 1.32. The van der Waals surface area contributed by atoms with Crippen LogP contribution in [0.4, 0.5) is 30.7 Å². The highest BCUT2D eigenvalue weighted by Gasteiger charge is 2.48. The normalized spacial score (nSPS) is 13.7. The Morgan fingerprint density at radius 2 is 1.32 bits per heavy atom. The Balaban J connectivity index is 3.93. The zero-order valence-corrected chi connectivity index (χ0v) is 9.98. The van der Waals surface area contributed by atoms with Crippen molar-refractivity contribution < 1.29 is 39.2 Å². The molecule has 0 N–H and O–H groups in total. The summed E-state index contributed by atoms with van der Waals surface area (Å²) < 4.78 is 110. The van der Waals surface area contributed by atoms with E-state index in [4.69, 9.17) is 0 Å². The molecule has 11 heteroatoms. The summed E-state index contributed by atoms with van der Waals surface area (Å²) in [6, 6.07) is -0.0247. The summed E-state index contributed by atoms with van der Waals surface area (Å²) in [6.07, 6.45) is -11.5. The van der Waals surface area contributed by atoms with Gasteiger partial charge in [0.1, 0.15) is 11.4 Å². The maximum absolute atomic E-state index is 13.0. The zero-order chi connectivity index (χ0) is 15.2. The first-order valence-electron chi connectivity index (χ1n) is 4.18. The molecule has 0 aliphatic carbocycles. The first-order valence-corrected chi connectivity index (χ1v) is 6.48. The van der Waals surface area contributed by atoms with Gasteiger partial charge in [-0.05, 0) is 12.1 Å². The molecule has 0 heterocycles. The molecule has 0 saturated heterocycles. The average Bonchev–Trinajstić information content (AvgIpc) is 2.11. The Hall–Kier alpha value is -1.03. The molecule has 0 aliphatic heterocycles. The van der Waals surface area contributed by atoms with Crippen molar-refractivity contribution in [2.75, 3.05) is 0 Å². The van der Waals surface area contributed by atoms with Gasteiger partial charge in [-0.1, -0.05) is 0 Å². The van der Waals surface area contributed by atoms with Crippen molar-refractivity contribution in [2.24, 2.45) is 0 Å². The number of halogens is 8. The van der Waals surface area contributed by atoms with Gasteiger partial charge < -0.3 is 0 Å². The van der Waals surface area contributed by atoms with Gasteiger partial charge in [-0.3, -0.25) is 0 Å². The van der Waals surface area contributed by atoms with Crippen LogP contribution in [0.1, 0.15) is 11.1 Å². The maximum Gasteiger partial charge on any atom is 0.419 e. The molecule has 0 fully saturated rings. The minimum atomic E-state index is -5.75. The summed E-state index contributed by atoms with van der Waals surface area (Å²) in [6.45, 7) is 0. The van der Waals surface area contributed by atoms with Crippen molar-refractivity contribution in [3.8, 4) is 0 Å². The Bertz CT molecular complexity index is 603. The number of alkyl halides is 6.